The van der Waals surface area contributed by atoms with E-state index in [1.54, 1.807) is 29.7 Å². The molecule has 0 radical (unpaired) electrons. The first-order valence-electron chi connectivity index (χ1n) is 10.3. The Labute approximate surface area is 178 Å². The number of nitrogens with two attached hydrogens (primary N) is 1. The Kier molecular flexibility index (Phi) is 4.57. The second kappa shape index (κ2) is 7.29. The van der Waals surface area contributed by atoms with Crippen LogP contribution in [0.15, 0.2) is 24.4 Å². The second-order valence-corrected chi connectivity index (χ2v) is 8.11. The van der Waals surface area contributed by atoms with Gasteiger partial charge >= 0.3 is 0 Å². The molecule has 160 valence electrons. The highest BCUT2D eigenvalue weighted by Crippen LogP contribution is 2.39. The van der Waals surface area contributed by atoms with Crippen LogP contribution in [0.4, 0.5) is 16.0 Å². The summed E-state index contributed by atoms with van der Waals surface area (Å²) in [6, 6.07) is 4.10. The Morgan fingerprint density at radius 1 is 1.16 bits per heavy atom. The van der Waals surface area contributed by atoms with Crippen molar-refractivity contribution in [1.29, 1.82) is 0 Å². The lowest BCUT2D eigenvalue weighted by Gasteiger charge is -2.38. The SMILES string of the molecule is CN1Cc2nn(C)cc2-c2nnc(N)c(n2)N2CCCC[C@@H]2c2cc(F)ccc2C1=O. The van der Waals surface area contributed by atoms with Crippen molar-refractivity contribution < 1.29 is 9.18 Å². The van der Waals surface area contributed by atoms with Gasteiger partial charge in [0.25, 0.3) is 5.91 Å². The Hall–Kier alpha value is -3.56. The molecule has 9 nitrogen and oxygen atoms in total. The Morgan fingerprint density at radius 2 is 2.00 bits per heavy atom. The molecule has 0 aliphatic carbocycles. The molecule has 0 spiro atoms. The lowest BCUT2D eigenvalue weighted by atomic mass is 9.91. The molecular formula is C21H23FN8O. The molecule has 2 aliphatic rings. The molecule has 1 saturated heterocycles. The van der Waals surface area contributed by atoms with Crippen molar-refractivity contribution >= 4 is 17.5 Å². The van der Waals surface area contributed by atoms with Gasteiger partial charge in [-0.25, -0.2) is 9.37 Å². The number of aromatic nitrogens is 5. The van der Waals surface area contributed by atoms with Crippen LogP contribution < -0.4 is 10.6 Å². The van der Waals surface area contributed by atoms with E-state index in [-0.39, 0.29) is 30.1 Å². The van der Waals surface area contributed by atoms with Crippen molar-refractivity contribution in [2.45, 2.75) is 31.8 Å². The Morgan fingerprint density at radius 3 is 2.84 bits per heavy atom. The Bertz CT molecular complexity index is 1180. The zero-order chi connectivity index (χ0) is 21.7. The third-order valence-corrected chi connectivity index (χ3v) is 5.95. The van der Waals surface area contributed by atoms with Crippen LogP contribution in [0.25, 0.3) is 11.4 Å². The van der Waals surface area contributed by atoms with Gasteiger partial charge in [-0.2, -0.15) is 5.10 Å². The number of carbonyl (C=O) groups excluding carboxylic acids is 1. The molecule has 4 heterocycles. The van der Waals surface area contributed by atoms with Gasteiger partial charge in [-0.1, -0.05) is 0 Å². The summed E-state index contributed by atoms with van der Waals surface area (Å²) in [4.78, 5) is 21.8. The van der Waals surface area contributed by atoms with E-state index >= 15 is 0 Å². The number of amides is 1. The normalized spacial score (nSPS) is 18.5. The number of piperidine rings is 1. The van der Waals surface area contributed by atoms with Gasteiger partial charge in [0.05, 0.1) is 23.8 Å². The van der Waals surface area contributed by atoms with E-state index in [0.29, 0.717) is 40.6 Å². The molecule has 2 N–H and O–H groups in total. The monoisotopic (exact) mass is 422 g/mol. The average Bonchev–Trinajstić information content (AvgIpc) is 3.13. The molecule has 1 aromatic carbocycles. The van der Waals surface area contributed by atoms with Crippen molar-refractivity contribution in [3.05, 3.63) is 47.0 Å². The molecule has 2 aromatic heterocycles. The molecule has 5 rings (SSSR count). The number of fused-ring (bicyclic) bond motifs is 8. The summed E-state index contributed by atoms with van der Waals surface area (Å²) in [6.45, 7) is 0.927. The topological polar surface area (TPSA) is 106 Å². The standard InChI is InChI=1S/C21H23FN8O/c1-28-11-16-15(10-29(2)27-16)19-24-20(18(23)25-26-19)30-8-4-3-5-17(30)14-9-12(22)6-7-13(14)21(28)31/h6-7,9-10,17H,3-5,8,11H2,1-2H3,(H2,23,25)/t17-/m1/s1. The van der Waals surface area contributed by atoms with Gasteiger partial charge < -0.3 is 15.5 Å². The highest BCUT2D eigenvalue weighted by atomic mass is 19.1. The first-order chi connectivity index (χ1) is 14.9. The third kappa shape index (κ3) is 3.28. The molecule has 10 heteroatoms. The lowest BCUT2D eigenvalue weighted by Crippen LogP contribution is -2.37. The fourth-order valence-electron chi connectivity index (χ4n) is 4.50. The van der Waals surface area contributed by atoms with Crippen LogP contribution in [-0.4, -0.2) is 49.4 Å². The van der Waals surface area contributed by atoms with Gasteiger partial charge in [-0.05, 0) is 43.0 Å². The largest absolute Gasteiger partial charge is 0.379 e. The fraction of sp³-hybridized carbons (Fsp3) is 0.381. The maximum atomic E-state index is 14.3. The van der Waals surface area contributed by atoms with Crippen molar-refractivity contribution in [1.82, 2.24) is 29.9 Å². The van der Waals surface area contributed by atoms with Crippen LogP contribution in [0.1, 0.15) is 46.9 Å². The highest BCUT2D eigenvalue weighted by molar-refractivity contribution is 5.96. The van der Waals surface area contributed by atoms with Gasteiger partial charge in [0.2, 0.25) is 0 Å². The van der Waals surface area contributed by atoms with Crippen molar-refractivity contribution in [3.63, 3.8) is 0 Å². The van der Waals surface area contributed by atoms with E-state index in [1.807, 2.05) is 11.1 Å². The minimum atomic E-state index is -0.381. The summed E-state index contributed by atoms with van der Waals surface area (Å²) >= 11 is 0. The average molecular weight is 422 g/mol. The summed E-state index contributed by atoms with van der Waals surface area (Å²) in [6.07, 6.45) is 4.46. The maximum absolute atomic E-state index is 14.3. The van der Waals surface area contributed by atoms with Gasteiger partial charge in [-0.15, -0.1) is 10.2 Å². The number of nitrogen functional groups attached to an aromatic ring is 1. The molecule has 1 fully saturated rings. The third-order valence-electron chi connectivity index (χ3n) is 5.95. The number of rotatable bonds is 0. The number of benzene rings is 1. The minimum absolute atomic E-state index is 0.187. The van der Waals surface area contributed by atoms with Crippen molar-refractivity contribution in [2.24, 2.45) is 7.05 Å². The molecule has 2 bridgehead atoms. The van der Waals surface area contributed by atoms with Crippen LogP contribution in [0.5, 0.6) is 0 Å². The maximum Gasteiger partial charge on any atom is 0.254 e. The summed E-state index contributed by atoms with van der Waals surface area (Å²) in [5.41, 5.74) is 8.65. The zero-order valence-electron chi connectivity index (χ0n) is 17.4. The molecule has 2 aliphatic heterocycles. The van der Waals surface area contributed by atoms with E-state index in [9.17, 15) is 9.18 Å². The number of aryl methyl sites for hydroxylation is 1. The van der Waals surface area contributed by atoms with E-state index in [2.05, 4.69) is 15.3 Å². The van der Waals surface area contributed by atoms with E-state index in [4.69, 9.17) is 10.7 Å². The van der Waals surface area contributed by atoms with E-state index in [1.165, 1.54) is 12.1 Å². The Balaban J connectivity index is 1.78. The van der Waals surface area contributed by atoms with Gasteiger partial charge in [0, 0.05) is 32.4 Å². The molecule has 0 unspecified atom stereocenters. The summed E-state index contributed by atoms with van der Waals surface area (Å²) in [7, 11) is 3.52. The fourth-order valence-corrected chi connectivity index (χ4v) is 4.50. The van der Waals surface area contributed by atoms with Crippen LogP contribution in [0.2, 0.25) is 0 Å². The van der Waals surface area contributed by atoms with Gasteiger partial charge in [0.1, 0.15) is 5.82 Å². The molecule has 0 saturated carbocycles. The van der Waals surface area contributed by atoms with Crippen molar-refractivity contribution in [3.8, 4) is 11.4 Å². The van der Waals surface area contributed by atoms with Gasteiger partial charge in [-0.3, -0.25) is 9.48 Å². The summed E-state index contributed by atoms with van der Waals surface area (Å²) in [5.74, 6) is 0.542. The number of nitrogens with zero attached hydrogens (tertiary/aromatic N) is 7. The minimum Gasteiger partial charge on any atom is -0.379 e. The van der Waals surface area contributed by atoms with Crippen LogP contribution in [0.3, 0.4) is 0 Å². The first-order valence-corrected chi connectivity index (χ1v) is 10.3. The number of halogens is 1. The molecule has 1 atom stereocenters. The molecule has 1 amide bonds. The predicted molar refractivity (Wildman–Crippen MR) is 113 cm³/mol. The second-order valence-electron chi connectivity index (χ2n) is 8.11. The quantitative estimate of drug-likeness (QED) is 0.592. The summed E-state index contributed by atoms with van der Waals surface area (Å²) < 4.78 is 16.0. The zero-order valence-corrected chi connectivity index (χ0v) is 17.4. The van der Waals surface area contributed by atoms with E-state index in [0.717, 1.165) is 19.3 Å². The number of hydrogen-bond donors (Lipinski definition) is 1. The lowest BCUT2D eigenvalue weighted by molar-refractivity contribution is 0.0781. The number of anilines is 2. The first kappa shape index (κ1) is 19.4. The molecular weight excluding hydrogens is 399 g/mol. The summed E-state index contributed by atoms with van der Waals surface area (Å²) in [5, 5.41) is 12.9. The number of carbonyl (C=O) groups is 1. The van der Waals surface area contributed by atoms with Crippen LogP contribution in [0, 0.1) is 5.82 Å². The van der Waals surface area contributed by atoms with Crippen LogP contribution in [-0.2, 0) is 13.6 Å². The molecule has 3 aromatic rings. The highest BCUT2D eigenvalue weighted by Gasteiger charge is 2.33. The predicted octanol–water partition coefficient (Wildman–Crippen LogP) is 2.31. The van der Waals surface area contributed by atoms with Crippen molar-refractivity contribution in [2.75, 3.05) is 24.2 Å². The number of hydrogen-bond acceptors (Lipinski definition) is 7. The van der Waals surface area contributed by atoms with E-state index < -0.39 is 0 Å². The van der Waals surface area contributed by atoms with Crippen LogP contribution >= 0.6 is 0 Å². The molecule has 31 heavy (non-hydrogen) atoms. The smallest absolute Gasteiger partial charge is 0.254 e. The van der Waals surface area contributed by atoms with Gasteiger partial charge in [0.15, 0.2) is 17.5 Å².